The number of rotatable bonds is 4. The van der Waals surface area contributed by atoms with Gasteiger partial charge in [-0.05, 0) is 48.6 Å². The first-order chi connectivity index (χ1) is 12.0. The molecule has 128 valence electrons. The minimum Gasteiger partial charge on any atom is -0.496 e. The molecule has 0 N–H and O–H groups in total. The molecule has 0 aliphatic carbocycles. The van der Waals surface area contributed by atoms with Gasteiger partial charge in [0.05, 0.1) is 10.7 Å². The molecule has 0 amide bonds. The van der Waals surface area contributed by atoms with Gasteiger partial charge in [-0.3, -0.25) is 0 Å². The van der Waals surface area contributed by atoms with E-state index in [1.54, 1.807) is 7.11 Å². The Hall–Kier alpha value is -1.58. The van der Waals surface area contributed by atoms with Crippen molar-refractivity contribution in [3.63, 3.8) is 0 Å². The molecule has 0 heterocycles. The summed E-state index contributed by atoms with van der Waals surface area (Å²) >= 11 is 2.24. The second-order valence-electron chi connectivity index (χ2n) is 6.07. The fourth-order valence-corrected chi connectivity index (χ4v) is 7.11. The Kier molecular flexibility index (Phi) is 5.35. The fraction of sp³-hybridized carbons (Fsp3) is 0.143. The predicted octanol–water partition coefficient (Wildman–Crippen LogP) is 4.56. The smallest absolute Gasteiger partial charge is 0.172 e. The lowest BCUT2D eigenvalue weighted by molar-refractivity contribution is 0.412. The van der Waals surface area contributed by atoms with Gasteiger partial charge in [0.1, 0.15) is 5.75 Å². The van der Waals surface area contributed by atoms with Crippen molar-refractivity contribution in [1.82, 2.24) is 0 Å². The monoisotopic (exact) mass is 462 g/mol. The molecule has 0 radical (unpaired) electrons. The zero-order valence-electron chi connectivity index (χ0n) is 14.5. The van der Waals surface area contributed by atoms with Gasteiger partial charge in [0.25, 0.3) is 0 Å². The zero-order valence-corrected chi connectivity index (χ0v) is 17.5. The molecular weight excluding hydrogens is 442 g/mol. The van der Waals surface area contributed by atoms with Crippen LogP contribution in [0.4, 0.5) is 0 Å². The Morgan fingerprint density at radius 1 is 0.800 bits per heavy atom. The SMILES string of the molecule is COc1cccc(P(=O)(c2ccc(C)cc2)c2ccc(C)cc2)c1I. The molecule has 2 nitrogen and oxygen atoms in total. The minimum atomic E-state index is -2.98. The van der Waals surface area contributed by atoms with Crippen molar-refractivity contribution >= 4 is 45.6 Å². The summed E-state index contributed by atoms with van der Waals surface area (Å²) in [5, 5.41) is 2.50. The number of benzene rings is 3. The minimum absolute atomic E-state index is 0.748. The number of ether oxygens (including phenoxy) is 1. The van der Waals surface area contributed by atoms with Gasteiger partial charge in [0.2, 0.25) is 0 Å². The Balaban J connectivity index is 2.32. The van der Waals surface area contributed by atoms with Crippen LogP contribution in [0.2, 0.25) is 0 Å². The molecule has 0 atom stereocenters. The summed E-state index contributed by atoms with van der Waals surface area (Å²) in [5.74, 6) is 0.748. The van der Waals surface area contributed by atoms with Crippen LogP contribution in [0.5, 0.6) is 5.75 Å². The maximum absolute atomic E-state index is 14.5. The van der Waals surface area contributed by atoms with E-state index in [9.17, 15) is 4.57 Å². The summed E-state index contributed by atoms with van der Waals surface area (Å²) < 4.78 is 20.8. The topological polar surface area (TPSA) is 26.3 Å². The summed E-state index contributed by atoms with van der Waals surface area (Å²) in [5.41, 5.74) is 2.30. The van der Waals surface area contributed by atoms with Crippen LogP contribution in [0.15, 0.2) is 66.7 Å². The van der Waals surface area contributed by atoms with Gasteiger partial charge < -0.3 is 9.30 Å². The van der Waals surface area contributed by atoms with Crippen LogP contribution in [0.25, 0.3) is 0 Å². The molecule has 0 unspecified atom stereocenters. The molecule has 0 fully saturated rings. The van der Waals surface area contributed by atoms with E-state index in [1.807, 2.05) is 80.6 Å². The lowest BCUT2D eigenvalue weighted by Gasteiger charge is -2.22. The van der Waals surface area contributed by atoms with E-state index in [-0.39, 0.29) is 0 Å². The van der Waals surface area contributed by atoms with Crippen molar-refractivity contribution in [1.29, 1.82) is 0 Å². The first-order valence-corrected chi connectivity index (χ1v) is 10.8. The van der Waals surface area contributed by atoms with E-state index >= 15 is 0 Å². The van der Waals surface area contributed by atoms with Crippen molar-refractivity contribution in [2.24, 2.45) is 0 Å². The van der Waals surface area contributed by atoms with Crippen LogP contribution < -0.4 is 20.7 Å². The molecule has 25 heavy (non-hydrogen) atoms. The van der Waals surface area contributed by atoms with Gasteiger partial charge in [-0.15, -0.1) is 0 Å². The van der Waals surface area contributed by atoms with E-state index in [1.165, 1.54) is 0 Å². The van der Waals surface area contributed by atoms with Gasteiger partial charge in [-0.2, -0.15) is 0 Å². The molecule has 0 bridgehead atoms. The highest BCUT2D eigenvalue weighted by Crippen LogP contribution is 2.45. The van der Waals surface area contributed by atoms with Crippen molar-refractivity contribution < 1.29 is 9.30 Å². The molecule has 0 aliphatic heterocycles. The maximum Gasteiger partial charge on any atom is 0.172 e. The highest BCUT2D eigenvalue weighted by Gasteiger charge is 2.32. The molecule has 3 rings (SSSR count). The van der Waals surface area contributed by atoms with Crippen LogP contribution in [0, 0.1) is 17.4 Å². The molecule has 0 aliphatic rings. The second-order valence-corrected chi connectivity index (χ2v) is 9.89. The lowest BCUT2D eigenvalue weighted by Crippen LogP contribution is -2.27. The van der Waals surface area contributed by atoms with E-state index in [0.29, 0.717) is 0 Å². The van der Waals surface area contributed by atoms with E-state index in [2.05, 4.69) is 22.6 Å². The van der Waals surface area contributed by atoms with E-state index < -0.39 is 7.14 Å². The summed E-state index contributed by atoms with van der Waals surface area (Å²) in [6, 6.07) is 21.7. The normalized spacial score (nSPS) is 11.4. The van der Waals surface area contributed by atoms with Crippen LogP contribution in [-0.2, 0) is 4.57 Å². The molecule has 4 heteroatoms. The van der Waals surface area contributed by atoms with Gasteiger partial charge >= 0.3 is 0 Å². The maximum atomic E-state index is 14.5. The van der Waals surface area contributed by atoms with E-state index in [4.69, 9.17) is 4.74 Å². The summed E-state index contributed by atoms with van der Waals surface area (Å²) in [4.78, 5) is 0. The van der Waals surface area contributed by atoms with Crippen LogP contribution >= 0.6 is 29.7 Å². The van der Waals surface area contributed by atoms with E-state index in [0.717, 1.165) is 36.4 Å². The Labute approximate surface area is 162 Å². The molecular formula is C21H20IO2P. The zero-order chi connectivity index (χ0) is 18.0. The number of aryl methyl sites for hydroxylation is 2. The fourth-order valence-electron chi connectivity index (χ4n) is 2.84. The second kappa shape index (κ2) is 7.35. The number of hydrogen-bond acceptors (Lipinski definition) is 2. The summed E-state index contributed by atoms with van der Waals surface area (Å²) in [6.45, 7) is 4.08. The molecule has 3 aromatic carbocycles. The average molecular weight is 462 g/mol. The van der Waals surface area contributed by atoms with Crippen molar-refractivity contribution in [3.8, 4) is 5.75 Å². The quantitative estimate of drug-likeness (QED) is 0.420. The highest BCUT2D eigenvalue weighted by atomic mass is 127. The molecule has 3 aromatic rings. The van der Waals surface area contributed by atoms with Gasteiger partial charge in [-0.25, -0.2) is 0 Å². The van der Waals surface area contributed by atoms with Gasteiger partial charge in [0.15, 0.2) is 7.14 Å². The first-order valence-electron chi connectivity index (χ1n) is 8.04. The molecule has 0 aromatic heterocycles. The lowest BCUT2D eigenvalue weighted by atomic mass is 10.2. The van der Waals surface area contributed by atoms with Gasteiger partial charge in [0, 0.05) is 15.9 Å². The summed E-state index contributed by atoms with van der Waals surface area (Å²) in [6.07, 6.45) is 0. The standard InChI is InChI=1S/C21H20IO2P/c1-15-7-11-17(12-8-15)25(23,18-13-9-16(2)10-14-18)20-6-4-5-19(24-3)21(20)22/h4-14H,1-3H3. The van der Waals surface area contributed by atoms with Crippen molar-refractivity contribution in [2.75, 3.05) is 7.11 Å². The van der Waals surface area contributed by atoms with Gasteiger partial charge in [-0.1, -0.05) is 65.7 Å². The third-order valence-electron chi connectivity index (χ3n) is 4.30. The van der Waals surface area contributed by atoms with Crippen molar-refractivity contribution in [2.45, 2.75) is 13.8 Å². The molecule has 0 saturated heterocycles. The average Bonchev–Trinajstić information content (AvgIpc) is 2.62. The van der Waals surface area contributed by atoms with Crippen LogP contribution in [0.1, 0.15) is 11.1 Å². The Morgan fingerprint density at radius 2 is 1.28 bits per heavy atom. The first kappa shape index (κ1) is 18.2. The number of hydrogen-bond donors (Lipinski definition) is 0. The number of halogens is 1. The van der Waals surface area contributed by atoms with Crippen LogP contribution in [0.3, 0.4) is 0 Å². The third kappa shape index (κ3) is 3.40. The highest BCUT2D eigenvalue weighted by molar-refractivity contribution is 14.1. The predicted molar refractivity (Wildman–Crippen MR) is 115 cm³/mol. The molecule has 0 spiro atoms. The molecule has 0 saturated carbocycles. The Morgan fingerprint density at radius 3 is 1.72 bits per heavy atom. The third-order valence-corrected chi connectivity index (χ3v) is 8.94. The summed E-state index contributed by atoms with van der Waals surface area (Å²) in [7, 11) is -1.34. The Bertz CT molecular complexity index is 882. The number of methoxy groups -OCH3 is 1. The van der Waals surface area contributed by atoms with Crippen molar-refractivity contribution in [3.05, 3.63) is 81.4 Å². The largest absolute Gasteiger partial charge is 0.496 e. The van der Waals surface area contributed by atoms with Crippen LogP contribution in [-0.4, -0.2) is 7.11 Å².